The van der Waals surface area contributed by atoms with E-state index >= 15 is 0 Å². The largest absolute Gasteiger partial charge is 0.319 e. The fourth-order valence-corrected chi connectivity index (χ4v) is 3.35. The van der Waals surface area contributed by atoms with E-state index < -0.39 is 0 Å². The first kappa shape index (κ1) is 14.4. The molecule has 0 radical (unpaired) electrons. The Balaban J connectivity index is 2.00. The van der Waals surface area contributed by atoms with E-state index in [4.69, 9.17) is 11.6 Å². The second-order valence-electron chi connectivity index (χ2n) is 4.49. The SMILES string of the molecule is Cc1ccc(C(=O)Nc2c(Cl)ccc3nsnc23)c(Br)c1. The van der Waals surface area contributed by atoms with Gasteiger partial charge in [0.05, 0.1) is 28.0 Å². The molecule has 0 aliphatic carbocycles. The summed E-state index contributed by atoms with van der Waals surface area (Å²) in [4.78, 5) is 12.4. The first-order valence-corrected chi connectivity index (χ1v) is 7.94. The van der Waals surface area contributed by atoms with Crippen LogP contribution in [-0.4, -0.2) is 14.7 Å². The van der Waals surface area contributed by atoms with Crippen molar-refractivity contribution in [2.24, 2.45) is 0 Å². The summed E-state index contributed by atoms with van der Waals surface area (Å²) >= 11 is 10.7. The predicted octanol–water partition coefficient (Wildman–Crippen LogP) is 4.67. The number of benzene rings is 2. The first-order valence-electron chi connectivity index (χ1n) is 6.04. The monoisotopic (exact) mass is 381 g/mol. The van der Waals surface area contributed by atoms with E-state index in [1.165, 1.54) is 0 Å². The van der Waals surface area contributed by atoms with Gasteiger partial charge < -0.3 is 5.32 Å². The molecule has 21 heavy (non-hydrogen) atoms. The van der Waals surface area contributed by atoms with E-state index in [9.17, 15) is 4.79 Å². The Kier molecular flexibility index (Phi) is 3.93. The summed E-state index contributed by atoms with van der Waals surface area (Å²) in [6, 6.07) is 9.01. The average molecular weight is 383 g/mol. The summed E-state index contributed by atoms with van der Waals surface area (Å²) in [7, 11) is 0. The molecule has 7 heteroatoms. The highest BCUT2D eigenvalue weighted by molar-refractivity contribution is 9.10. The number of nitrogens with zero attached hydrogens (tertiary/aromatic N) is 2. The van der Waals surface area contributed by atoms with Crippen molar-refractivity contribution in [3.63, 3.8) is 0 Å². The molecule has 0 atom stereocenters. The molecule has 3 rings (SSSR count). The van der Waals surface area contributed by atoms with E-state index in [2.05, 4.69) is 30.0 Å². The number of carbonyl (C=O) groups excluding carboxylic acids is 1. The van der Waals surface area contributed by atoms with Crippen LogP contribution in [0.15, 0.2) is 34.8 Å². The van der Waals surface area contributed by atoms with Crippen LogP contribution in [0.5, 0.6) is 0 Å². The number of carbonyl (C=O) groups is 1. The Labute approximate surface area is 138 Å². The van der Waals surface area contributed by atoms with Crippen molar-refractivity contribution in [2.45, 2.75) is 6.92 Å². The maximum absolute atomic E-state index is 12.4. The van der Waals surface area contributed by atoms with Crippen LogP contribution in [0.1, 0.15) is 15.9 Å². The Morgan fingerprint density at radius 2 is 2.10 bits per heavy atom. The molecule has 0 spiro atoms. The van der Waals surface area contributed by atoms with Gasteiger partial charge in [0.1, 0.15) is 11.0 Å². The quantitative estimate of drug-likeness (QED) is 0.701. The van der Waals surface area contributed by atoms with Gasteiger partial charge in [-0.15, -0.1) is 0 Å². The fraction of sp³-hybridized carbons (Fsp3) is 0.0714. The molecule has 1 N–H and O–H groups in total. The van der Waals surface area contributed by atoms with E-state index in [0.29, 0.717) is 27.3 Å². The molecule has 2 aromatic carbocycles. The van der Waals surface area contributed by atoms with Crippen LogP contribution in [0, 0.1) is 6.92 Å². The summed E-state index contributed by atoms with van der Waals surface area (Å²) < 4.78 is 9.06. The Hall–Kier alpha value is -1.50. The normalized spacial score (nSPS) is 10.8. The van der Waals surface area contributed by atoms with Crippen LogP contribution < -0.4 is 5.32 Å². The van der Waals surface area contributed by atoms with Gasteiger partial charge in [0.25, 0.3) is 5.91 Å². The zero-order chi connectivity index (χ0) is 15.0. The van der Waals surface area contributed by atoms with Crippen LogP contribution in [0.4, 0.5) is 5.69 Å². The van der Waals surface area contributed by atoms with Crippen molar-refractivity contribution < 1.29 is 4.79 Å². The molecule has 0 saturated heterocycles. The van der Waals surface area contributed by atoms with Crippen molar-refractivity contribution in [2.75, 3.05) is 5.32 Å². The third-order valence-corrected chi connectivity index (χ3v) is 4.50. The molecule has 4 nitrogen and oxygen atoms in total. The van der Waals surface area contributed by atoms with Crippen LogP contribution in [0.2, 0.25) is 5.02 Å². The summed E-state index contributed by atoms with van der Waals surface area (Å²) in [6.07, 6.45) is 0. The van der Waals surface area contributed by atoms with Crippen molar-refractivity contribution in [3.8, 4) is 0 Å². The number of hydrogen-bond donors (Lipinski definition) is 1. The second-order valence-corrected chi connectivity index (χ2v) is 6.28. The minimum atomic E-state index is -0.246. The number of fused-ring (bicyclic) bond motifs is 1. The van der Waals surface area contributed by atoms with Crippen molar-refractivity contribution in [3.05, 3.63) is 51.0 Å². The molecular weight excluding hydrogens is 374 g/mol. The maximum atomic E-state index is 12.4. The molecule has 1 heterocycles. The molecule has 3 aromatic rings. The minimum Gasteiger partial charge on any atom is -0.319 e. The number of anilines is 1. The van der Waals surface area contributed by atoms with Gasteiger partial charge in [0.15, 0.2) is 0 Å². The third-order valence-electron chi connectivity index (χ3n) is 2.98. The van der Waals surface area contributed by atoms with E-state index in [-0.39, 0.29) is 5.91 Å². The lowest BCUT2D eigenvalue weighted by Crippen LogP contribution is -2.13. The van der Waals surface area contributed by atoms with Gasteiger partial charge in [0.2, 0.25) is 0 Å². The Bertz CT molecular complexity index is 849. The van der Waals surface area contributed by atoms with Crippen LogP contribution in [0.3, 0.4) is 0 Å². The van der Waals surface area contributed by atoms with Crippen molar-refractivity contribution >= 4 is 61.9 Å². The highest BCUT2D eigenvalue weighted by atomic mass is 79.9. The molecule has 0 saturated carbocycles. The van der Waals surface area contributed by atoms with E-state index in [1.54, 1.807) is 18.2 Å². The van der Waals surface area contributed by atoms with Crippen molar-refractivity contribution in [1.29, 1.82) is 0 Å². The number of hydrogen-bond acceptors (Lipinski definition) is 4. The summed E-state index contributed by atoms with van der Waals surface area (Å²) in [5, 5.41) is 3.26. The number of aromatic nitrogens is 2. The van der Waals surface area contributed by atoms with Gasteiger partial charge in [-0.1, -0.05) is 17.7 Å². The lowest BCUT2D eigenvalue weighted by Gasteiger charge is -2.09. The number of halogens is 2. The van der Waals surface area contributed by atoms with Crippen LogP contribution in [0.25, 0.3) is 11.0 Å². The summed E-state index contributed by atoms with van der Waals surface area (Å²) in [6.45, 7) is 1.96. The number of rotatable bonds is 2. The average Bonchev–Trinajstić information content (AvgIpc) is 2.90. The van der Waals surface area contributed by atoms with Crippen LogP contribution in [-0.2, 0) is 0 Å². The molecular formula is C14H9BrClN3OS. The summed E-state index contributed by atoms with van der Waals surface area (Å²) in [5.74, 6) is -0.246. The Morgan fingerprint density at radius 1 is 1.29 bits per heavy atom. The lowest BCUT2D eigenvalue weighted by atomic mass is 10.1. The third kappa shape index (κ3) is 2.79. The molecule has 0 aliphatic heterocycles. The van der Waals surface area contributed by atoms with Gasteiger partial charge in [-0.2, -0.15) is 8.75 Å². The highest BCUT2D eigenvalue weighted by Crippen LogP contribution is 2.31. The molecule has 0 aliphatic rings. The molecule has 0 fully saturated rings. The van der Waals surface area contributed by atoms with Gasteiger partial charge in [-0.05, 0) is 52.7 Å². The van der Waals surface area contributed by atoms with Gasteiger partial charge in [-0.25, -0.2) is 0 Å². The first-order chi connectivity index (χ1) is 10.1. The summed E-state index contributed by atoms with van der Waals surface area (Å²) in [5.41, 5.74) is 3.41. The maximum Gasteiger partial charge on any atom is 0.256 e. The predicted molar refractivity (Wildman–Crippen MR) is 89.3 cm³/mol. The second kappa shape index (κ2) is 5.71. The molecule has 0 unspecified atom stereocenters. The van der Waals surface area contributed by atoms with E-state index in [1.807, 2.05) is 19.1 Å². The molecule has 0 bridgehead atoms. The molecule has 1 amide bonds. The van der Waals surface area contributed by atoms with Crippen LogP contribution >= 0.6 is 39.3 Å². The molecule has 1 aromatic heterocycles. The zero-order valence-electron chi connectivity index (χ0n) is 10.9. The molecule has 106 valence electrons. The number of amides is 1. The number of nitrogens with one attached hydrogen (secondary N) is 1. The fourth-order valence-electron chi connectivity index (χ4n) is 1.93. The van der Waals surface area contributed by atoms with Gasteiger partial charge in [-0.3, -0.25) is 4.79 Å². The number of aryl methyl sites for hydroxylation is 1. The van der Waals surface area contributed by atoms with E-state index in [0.717, 1.165) is 21.8 Å². The minimum absolute atomic E-state index is 0.246. The Morgan fingerprint density at radius 3 is 2.86 bits per heavy atom. The van der Waals surface area contributed by atoms with Gasteiger partial charge in [0, 0.05) is 4.47 Å². The topological polar surface area (TPSA) is 54.9 Å². The lowest BCUT2D eigenvalue weighted by molar-refractivity contribution is 0.102. The highest BCUT2D eigenvalue weighted by Gasteiger charge is 2.15. The standard InChI is InChI=1S/C14H9BrClN3OS/c1-7-2-3-8(9(15)6-7)14(20)17-12-10(16)4-5-11-13(12)19-21-18-11/h2-6H,1H3,(H,17,20). The zero-order valence-corrected chi connectivity index (χ0v) is 14.0. The smallest absolute Gasteiger partial charge is 0.256 e. The van der Waals surface area contributed by atoms with Gasteiger partial charge >= 0.3 is 0 Å². The van der Waals surface area contributed by atoms with Crippen molar-refractivity contribution in [1.82, 2.24) is 8.75 Å².